The molecule has 0 aromatic heterocycles. The predicted octanol–water partition coefficient (Wildman–Crippen LogP) is 4.80. The summed E-state index contributed by atoms with van der Waals surface area (Å²) in [6.07, 6.45) is 10.2. The fourth-order valence-corrected chi connectivity index (χ4v) is 7.07. The molecular weight excluding hydrogens is 473 g/mol. The number of urea groups is 1. The number of unbranched alkanes of at least 4 members (excludes halogenated alkanes) is 1. The fraction of sp³-hybridized carbons (Fsp3) is 0.759. The van der Waals surface area contributed by atoms with E-state index in [0.29, 0.717) is 57.0 Å². The van der Waals surface area contributed by atoms with Gasteiger partial charge in [-0.05, 0) is 76.1 Å². The third kappa shape index (κ3) is 7.15. The number of methoxy groups -OCH3 is 2. The molecule has 0 radical (unpaired) electrons. The number of nitrogens with zero attached hydrogens (tertiary/aromatic N) is 1. The van der Waals surface area contributed by atoms with Gasteiger partial charge < -0.3 is 30.5 Å². The van der Waals surface area contributed by atoms with Crippen LogP contribution in [0.4, 0.5) is 9.18 Å². The van der Waals surface area contributed by atoms with E-state index in [1.807, 2.05) is 7.05 Å². The molecule has 37 heavy (non-hydrogen) atoms. The second-order valence-corrected chi connectivity index (χ2v) is 11.0. The number of nitrogens with two attached hydrogens (primary N) is 1. The molecule has 1 aromatic carbocycles. The van der Waals surface area contributed by atoms with E-state index in [4.69, 9.17) is 15.2 Å². The Balaban J connectivity index is 2.08. The molecule has 0 spiro atoms. The number of ether oxygens (including phenoxy) is 2. The molecule has 0 bridgehead atoms. The highest BCUT2D eigenvalue weighted by Crippen LogP contribution is 2.49. The molecule has 3 rings (SSSR count). The number of piperidine rings is 1. The summed E-state index contributed by atoms with van der Waals surface area (Å²) in [6, 6.07) is 3.91. The van der Waals surface area contributed by atoms with Gasteiger partial charge in [0.2, 0.25) is 0 Å². The van der Waals surface area contributed by atoms with E-state index < -0.39 is 17.4 Å². The molecule has 7 nitrogen and oxygen atoms in total. The van der Waals surface area contributed by atoms with E-state index in [-0.39, 0.29) is 23.4 Å². The van der Waals surface area contributed by atoms with E-state index in [2.05, 4.69) is 5.32 Å². The van der Waals surface area contributed by atoms with Crippen LogP contribution in [0, 0.1) is 23.6 Å². The molecule has 2 amide bonds. The number of aliphatic hydroxyl groups is 1. The fourth-order valence-electron chi connectivity index (χ4n) is 7.07. The maximum Gasteiger partial charge on any atom is 0.315 e. The van der Waals surface area contributed by atoms with E-state index in [1.54, 1.807) is 24.1 Å². The summed E-state index contributed by atoms with van der Waals surface area (Å²) in [5.74, 6) is 0.142. The minimum Gasteiger partial charge on any atom is -0.496 e. The molecule has 1 aliphatic carbocycles. The number of halogens is 1. The summed E-state index contributed by atoms with van der Waals surface area (Å²) in [6.45, 7) is 1.82. The van der Waals surface area contributed by atoms with E-state index >= 15 is 4.39 Å². The zero-order valence-electron chi connectivity index (χ0n) is 23.0. The maximum absolute atomic E-state index is 15.6. The minimum atomic E-state index is -1.53. The average molecular weight is 522 g/mol. The lowest BCUT2D eigenvalue weighted by molar-refractivity contribution is -0.0963. The Bertz CT molecular complexity index is 850. The number of likely N-dealkylation sites (tertiary alicyclic amines) is 1. The number of nitrogens with one attached hydrogen (secondary N) is 1. The quantitative estimate of drug-likeness (QED) is 0.324. The molecule has 1 aromatic rings. The summed E-state index contributed by atoms with van der Waals surface area (Å²) in [5.41, 5.74) is 4.63. The first-order valence-corrected chi connectivity index (χ1v) is 14.1. The summed E-state index contributed by atoms with van der Waals surface area (Å²) in [4.78, 5) is 14.6. The Labute approximate surface area is 222 Å². The van der Waals surface area contributed by atoms with Crippen LogP contribution in [0.1, 0.15) is 76.2 Å². The Morgan fingerprint density at radius 1 is 1.22 bits per heavy atom. The third-order valence-electron chi connectivity index (χ3n) is 8.68. The Hall–Kier alpha value is -1.90. The molecule has 2 unspecified atom stereocenters. The molecule has 4 N–H and O–H groups in total. The van der Waals surface area contributed by atoms with Gasteiger partial charge in [0.25, 0.3) is 0 Å². The van der Waals surface area contributed by atoms with E-state index in [0.717, 1.165) is 12.8 Å². The molecule has 2 aliphatic rings. The van der Waals surface area contributed by atoms with Crippen LogP contribution in [-0.4, -0.2) is 63.0 Å². The number of primary amides is 1. The van der Waals surface area contributed by atoms with Crippen molar-refractivity contribution < 1.29 is 23.8 Å². The van der Waals surface area contributed by atoms with Crippen molar-refractivity contribution in [3.05, 3.63) is 29.6 Å². The van der Waals surface area contributed by atoms with Crippen LogP contribution in [0.3, 0.4) is 0 Å². The highest BCUT2D eigenvalue weighted by molar-refractivity contribution is 5.72. The number of carbonyl (C=O) groups excluding carboxylic acids is 1. The lowest BCUT2D eigenvalue weighted by Crippen LogP contribution is -2.60. The molecule has 210 valence electrons. The molecule has 1 saturated heterocycles. The average Bonchev–Trinajstić information content (AvgIpc) is 2.90. The van der Waals surface area contributed by atoms with Crippen molar-refractivity contribution in [2.75, 3.05) is 41.0 Å². The second kappa shape index (κ2) is 14.3. The topological polar surface area (TPSA) is 97.1 Å². The van der Waals surface area contributed by atoms with Crippen LogP contribution in [0.15, 0.2) is 18.2 Å². The lowest BCUT2D eigenvalue weighted by Gasteiger charge is -2.51. The number of hydrogen-bond donors (Lipinski definition) is 3. The number of benzene rings is 1. The summed E-state index contributed by atoms with van der Waals surface area (Å²) in [7, 11) is 5.09. The highest BCUT2D eigenvalue weighted by Gasteiger charge is 2.51. The second-order valence-electron chi connectivity index (χ2n) is 11.0. The molecule has 1 aliphatic heterocycles. The van der Waals surface area contributed by atoms with Gasteiger partial charge in [-0.1, -0.05) is 38.2 Å². The van der Waals surface area contributed by atoms with Gasteiger partial charge in [-0.3, -0.25) is 0 Å². The normalized spacial score (nSPS) is 23.4. The van der Waals surface area contributed by atoms with Crippen LogP contribution >= 0.6 is 0 Å². The number of amides is 2. The van der Waals surface area contributed by atoms with Gasteiger partial charge in [0.05, 0.1) is 12.7 Å². The minimum absolute atomic E-state index is 0.0918. The third-order valence-corrected chi connectivity index (χ3v) is 8.68. The number of rotatable bonds is 13. The highest BCUT2D eigenvalue weighted by atomic mass is 19.1. The number of carbonyl (C=O) groups is 1. The van der Waals surface area contributed by atoms with Crippen molar-refractivity contribution in [1.29, 1.82) is 0 Å². The molecule has 8 heteroatoms. The summed E-state index contributed by atoms with van der Waals surface area (Å²) >= 11 is 0. The molecule has 1 heterocycles. The van der Waals surface area contributed by atoms with Crippen LogP contribution in [-0.2, 0) is 10.3 Å². The van der Waals surface area contributed by atoms with Gasteiger partial charge >= 0.3 is 6.03 Å². The molecule has 1 saturated carbocycles. The van der Waals surface area contributed by atoms with Crippen molar-refractivity contribution in [2.24, 2.45) is 23.5 Å². The standard InChI is InChI=1S/C29H48FN3O4/c1-32-20-22(19-21-11-5-4-6-12-21)27-23(13-10-17-33(27)28(31)34)29(35,16-7-8-18-36-2)26-24(30)14-9-15-25(26)37-3/h9,14-15,21-23,27,32,35H,4-8,10-13,16-20H2,1-3H3,(H2,31,34)/t22-,23?,27?,29-/m0/s1. The smallest absolute Gasteiger partial charge is 0.315 e. The van der Waals surface area contributed by atoms with Crippen molar-refractivity contribution in [1.82, 2.24) is 10.2 Å². The molecule has 4 atom stereocenters. The number of hydrogen-bond acceptors (Lipinski definition) is 5. The SMILES string of the molecule is CNC[C@H](CC1CCCCC1)C1C([C@@](O)(CCCCOC)c2c(F)cccc2OC)CCCN1C(N)=O. The molecule has 2 fully saturated rings. The van der Waals surface area contributed by atoms with E-state index in [9.17, 15) is 9.90 Å². The first kappa shape index (κ1) is 29.7. The zero-order valence-corrected chi connectivity index (χ0v) is 23.0. The maximum atomic E-state index is 15.6. The van der Waals surface area contributed by atoms with Crippen molar-refractivity contribution in [2.45, 2.75) is 82.3 Å². The van der Waals surface area contributed by atoms with Crippen molar-refractivity contribution in [3.8, 4) is 5.75 Å². The Morgan fingerprint density at radius 2 is 1.97 bits per heavy atom. The van der Waals surface area contributed by atoms with Gasteiger partial charge in [0, 0.05) is 32.2 Å². The Kier molecular flexibility index (Phi) is 11.5. The van der Waals surface area contributed by atoms with Crippen LogP contribution < -0.4 is 15.8 Å². The van der Waals surface area contributed by atoms with Gasteiger partial charge in [0.15, 0.2) is 0 Å². The first-order chi connectivity index (χ1) is 17.9. The summed E-state index contributed by atoms with van der Waals surface area (Å²) in [5, 5.41) is 16.0. The zero-order chi connectivity index (χ0) is 26.8. The van der Waals surface area contributed by atoms with Crippen molar-refractivity contribution >= 4 is 6.03 Å². The van der Waals surface area contributed by atoms with Gasteiger partial charge in [0.1, 0.15) is 17.2 Å². The molecular formula is C29H48FN3O4. The van der Waals surface area contributed by atoms with Crippen LogP contribution in [0.2, 0.25) is 0 Å². The predicted molar refractivity (Wildman–Crippen MR) is 144 cm³/mol. The van der Waals surface area contributed by atoms with Crippen LogP contribution in [0.25, 0.3) is 0 Å². The van der Waals surface area contributed by atoms with Gasteiger partial charge in [-0.2, -0.15) is 0 Å². The summed E-state index contributed by atoms with van der Waals surface area (Å²) < 4.78 is 26.4. The monoisotopic (exact) mass is 521 g/mol. The van der Waals surface area contributed by atoms with Crippen molar-refractivity contribution in [3.63, 3.8) is 0 Å². The van der Waals surface area contributed by atoms with Gasteiger partial charge in [-0.25, -0.2) is 9.18 Å². The van der Waals surface area contributed by atoms with E-state index in [1.165, 1.54) is 45.3 Å². The van der Waals surface area contributed by atoms with Gasteiger partial charge in [-0.15, -0.1) is 0 Å². The first-order valence-electron chi connectivity index (χ1n) is 14.1. The largest absolute Gasteiger partial charge is 0.496 e. The Morgan fingerprint density at radius 3 is 2.62 bits per heavy atom. The van der Waals surface area contributed by atoms with Crippen LogP contribution in [0.5, 0.6) is 5.75 Å². The lowest BCUT2D eigenvalue weighted by atomic mass is 9.65.